The maximum absolute atomic E-state index is 12.9. The lowest BCUT2D eigenvalue weighted by molar-refractivity contribution is 0.247. The van der Waals surface area contributed by atoms with E-state index in [4.69, 9.17) is 4.74 Å². The van der Waals surface area contributed by atoms with Crippen molar-refractivity contribution in [2.75, 3.05) is 18.5 Å². The molecule has 0 aromatic heterocycles. The lowest BCUT2D eigenvalue weighted by Crippen LogP contribution is -2.32. The summed E-state index contributed by atoms with van der Waals surface area (Å²) in [6, 6.07) is 10.00. The number of carbonyl (C=O) groups is 1. The number of carbonyl (C=O) groups excluding carboxylic acids is 1. The van der Waals surface area contributed by atoms with Crippen molar-refractivity contribution in [3.63, 3.8) is 0 Å². The van der Waals surface area contributed by atoms with Crippen LogP contribution in [0, 0.1) is 11.6 Å². The van der Waals surface area contributed by atoms with Gasteiger partial charge in [-0.2, -0.15) is 0 Å². The second kappa shape index (κ2) is 7.74. The van der Waals surface area contributed by atoms with Crippen LogP contribution >= 0.6 is 15.9 Å². The van der Waals surface area contributed by atoms with Gasteiger partial charge in [-0.25, -0.2) is 13.6 Å². The van der Waals surface area contributed by atoms with Gasteiger partial charge in [0.1, 0.15) is 12.4 Å². The average Bonchev–Trinajstić information content (AvgIpc) is 2.49. The van der Waals surface area contributed by atoms with Crippen molar-refractivity contribution in [2.45, 2.75) is 0 Å². The van der Waals surface area contributed by atoms with Crippen LogP contribution in [0.15, 0.2) is 46.9 Å². The van der Waals surface area contributed by atoms with Crippen molar-refractivity contribution in [3.05, 3.63) is 58.6 Å². The van der Waals surface area contributed by atoms with Gasteiger partial charge >= 0.3 is 6.03 Å². The largest absolute Gasteiger partial charge is 0.492 e. The van der Waals surface area contributed by atoms with Crippen LogP contribution in [0.4, 0.5) is 19.3 Å². The minimum atomic E-state index is -0.974. The molecule has 2 amide bonds. The Hall–Kier alpha value is -2.15. The molecule has 0 spiro atoms. The summed E-state index contributed by atoms with van der Waals surface area (Å²) >= 11 is 3.30. The fourth-order valence-electron chi connectivity index (χ4n) is 1.61. The van der Waals surface area contributed by atoms with Gasteiger partial charge in [-0.05, 0) is 36.4 Å². The minimum Gasteiger partial charge on any atom is -0.492 e. The van der Waals surface area contributed by atoms with Crippen molar-refractivity contribution in [2.24, 2.45) is 0 Å². The minimum absolute atomic E-state index is 0.138. The molecule has 2 aromatic carbocycles. The van der Waals surface area contributed by atoms with Crippen LogP contribution in [0.2, 0.25) is 0 Å². The van der Waals surface area contributed by atoms with E-state index in [0.717, 1.165) is 16.6 Å². The molecule has 0 unspecified atom stereocenters. The van der Waals surface area contributed by atoms with E-state index in [0.29, 0.717) is 5.69 Å². The Morgan fingerprint density at radius 1 is 1.09 bits per heavy atom. The number of rotatable bonds is 5. The maximum Gasteiger partial charge on any atom is 0.319 e. The molecule has 0 fully saturated rings. The molecule has 0 bridgehead atoms. The lowest BCUT2D eigenvalue weighted by Gasteiger charge is -2.09. The van der Waals surface area contributed by atoms with Crippen LogP contribution in [0.25, 0.3) is 0 Å². The Morgan fingerprint density at radius 3 is 2.50 bits per heavy atom. The number of nitrogens with one attached hydrogen (secondary N) is 2. The highest BCUT2D eigenvalue weighted by molar-refractivity contribution is 9.10. The molecular weight excluding hydrogens is 358 g/mol. The fraction of sp³-hybridized carbons (Fsp3) is 0.133. The van der Waals surface area contributed by atoms with Crippen LogP contribution in [0.1, 0.15) is 0 Å². The molecule has 2 rings (SSSR count). The summed E-state index contributed by atoms with van der Waals surface area (Å²) in [5, 5.41) is 5.24. The number of benzene rings is 2. The number of amides is 2. The van der Waals surface area contributed by atoms with E-state index in [2.05, 4.69) is 26.6 Å². The number of ether oxygens (including phenoxy) is 1. The second-order valence-corrected chi connectivity index (χ2v) is 5.23. The van der Waals surface area contributed by atoms with E-state index in [1.165, 1.54) is 6.07 Å². The van der Waals surface area contributed by atoms with Crippen molar-refractivity contribution in [1.82, 2.24) is 5.32 Å². The summed E-state index contributed by atoms with van der Waals surface area (Å²) < 4.78 is 31.8. The van der Waals surface area contributed by atoms with Gasteiger partial charge in [0.05, 0.1) is 6.54 Å². The molecule has 0 aliphatic rings. The molecule has 7 heteroatoms. The maximum atomic E-state index is 12.9. The van der Waals surface area contributed by atoms with Gasteiger partial charge in [-0.3, -0.25) is 0 Å². The Kier molecular flexibility index (Phi) is 5.71. The van der Waals surface area contributed by atoms with Crippen LogP contribution in [-0.4, -0.2) is 19.2 Å². The second-order valence-electron chi connectivity index (χ2n) is 4.31. The van der Waals surface area contributed by atoms with Crippen molar-refractivity contribution < 1.29 is 18.3 Å². The third-order valence-electron chi connectivity index (χ3n) is 2.65. The monoisotopic (exact) mass is 370 g/mol. The predicted octanol–water partition coefficient (Wildman–Crippen LogP) is 3.93. The standard InChI is InChI=1S/C15H13BrF2N2O2/c16-10-1-3-11(4-2-10)20-15(21)19-7-8-22-12-5-6-13(17)14(18)9-12/h1-6,9H,7-8H2,(H2,19,20,21). The molecular formula is C15H13BrF2N2O2. The number of anilines is 1. The topological polar surface area (TPSA) is 50.4 Å². The zero-order valence-electron chi connectivity index (χ0n) is 11.4. The average molecular weight is 371 g/mol. The van der Waals surface area contributed by atoms with Crippen LogP contribution in [-0.2, 0) is 0 Å². The molecule has 0 aliphatic carbocycles. The highest BCUT2D eigenvalue weighted by atomic mass is 79.9. The molecule has 0 saturated carbocycles. The van der Waals surface area contributed by atoms with E-state index < -0.39 is 11.6 Å². The summed E-state index contributed by atoms with van der Waals surface area (Å²) in [5.74, 6) is -1.70. The Balaban J connectivity index is 1.70. The normalized spacial score (nSPS) is 10.1. The van der Waals surface area contributed by atoms with Gasteiger partial charge in [0.2, 0.25) is 0 Å². The van der Waals surface area contributed by atoms with Gasteiger partial charge in [0.15, 0.2) is 11.6 Å². The molecule has 0 atom stereocenters. The first-order valence-corrected chi connectivity index (χ1v) is 7.22. The summed E-state index contributed by atoms with van der Waals surface area (Å²) in [5.41, 5.74) is 0.655. The summed E-state index contributed by atoms with van der Waals surface area (Å²) in [6.45, 7) is 0.361. The van der Waals surface area contributed by atoms with E-state index in [9.17, 15) is 13.6 Å². The Labute approximate surface area is 134 Å². The van der Waals surface area contributed by atoms with Gasteiger partial charge < -0.3 is 15.4 Å². The molecule has 0 heterocycles. The van der Waals surface area contributed by atoms with E-state index in [1.54, 1.807) is 12.1 Å². The van der Waals surface area contributed by atoms with Crippen LogP contribution in [0.5, 0.6) is 5.75 Å². The third kappa shape index (κ3) is 5.00. The molecule has 4 nitrogen and oxygen atoms in total. The molecule has 0 aliphatic heterocycles. The van der Waals surface area contributed by atoms with E-state index >= 15 is 0 Å². The van der Waals surface area contributed by atoms with Gasteiger partial charge in [0, 0.05) is 16.2 Å². The fourth-order valence-corrected chi connectivity index (χ4v) is 1.87. The number of hydrogen-bond acceptors (Lipinski definition) is 2. The van der Waals surface area contributed by atoms with Crippen LogP contribution < -0.4 is 15.4 Å². The highest BCUT2D eigenvalue weighted by Crippen LogP contribution is 2.15. The molecule has 0 radical (unpaired) electrons. The van der Waals surface area contributed by atoms with E-state index in [1.807, 2.05) is 12.1 Å². The first-order valence-electron chi connectivity index (χ1n) is 6.43. The third-order valence-corrected chi connectivity index (χ3v) is 3.18. The SMILES string of the molecule is O=C(NCCOc1ccc(F)c(F)c1)Nc1ccc(Br)cc1. The van der Waals surface area contributed by atoms with Crippen molar-refractivity contribution in [1.29, 1.82) is 0 Å². The number of urea groups is 1. The molecule has 0 saturated heterocycles. The van der Waals surface area contributed by atoms with E-state index in [-0.39, 0.29) is 24.9 Å². The Bertz CT molecular complexity index is 650. The van der Waals surface area contributed by atoms with Crippen LogP contribution in [0.3, 0.4) is 0 Å². The summed E-state index contributed by atoms with van der Waals surface area (Å²) in [7, 11) is 0. The zero-order valence-corrected chi connectivity index (χ0v) is 13.0. The van der Waals surface area contributed by atoms with Gasteiger partial charge in [0.25, 0.3) is 0 Å². The quantitative estimate of drug-likeness (QED) is 0.783. The Morgan fingerprint density at radius 2 is 1.82 bits per heavy atom. The number of halogens is 3. The smallest absolute Gasteiger partial charge is 0.319 e. The first kappa shape index (κ1) is 16.2. The summed E-state index contributed by atoms with van der Waals surface area (Å²) in [4.78, 5) is 11.6. The van der Waals surface area contributed by atoms with Gasteiger partial charge in [-0.15, -0.1) is 0 Å². The highest BCUT2D eigenvalue weighted by Gasteiger charge is 2.04. The first-order chi connectivity index (χ1) is 10.5. The molecule has 2 aromatic rings. The summed E-state index contributed by atoms with van der Waals surface area (Å²) in [6.07, 6.45) is 0. The predicted molar refractivity (Wildman–Crippen MR) is 83.0 cm³/mol. The molecule has 2 N–H and O–H groups in total. The van der Waals surface area contributed by atoms with Crippen molar-refractivity contribution in [3.8, 4) is 5.75 Å². The van der Waals surface area contributed by atoms with Crippen molar-refractivity contribution >= 4 is 27.6 Å². The lowest BCUT2D eigenvalue weighted by atomic mass is 10.3. The molecule has 116 valence electrons. The zero-order chi connectivity index (χ0) is 15.9. The molecule has 22 heavy (non-hydrogen) atoms. The van der Waals surface area contributed by atoms with Gasteiger partial charge in [-0.1, -0.05) is 15.9 Å². The number of hydrogen-bond donors (Lipinski definition) is 2.